The third-order valence-electron chi connectivity index (χ3n) is 6.17. The molecule has 1 aliphatic heterocycles. The van der Waals surface area contributed by atoms with Gasteiger partial charge >= 0.3 is 0 Å². The van der Waals surface area contributed by atoms with Gasteiger partial charge in [-0.25, -0.2) is 10.1 Å². The van der Waals surface area contributed by atoms with Gasteiger partial charge in [0.15, 0.2) is 5.82 Å². The van der Waals surface area contributed by atoms with E-state index >= 15 is 0 Å². The molecule has 3 N–H and O–H groups in total. The van der Waals surface area contributed by atoms with Crippen LogP contribution in [0.5, 0.6) is 0 Å². The predicted molar refractivity (Wildman–Crippen MR) is 126 cm³/mol. The molecule has 2 aromatic carbocycles. The standard InChI is InChI=1S/C24H26N6O2/c31-23-19-8-3-4-9-20(19)26-21(27-23)10-5-13-30-14-11-16(12-15-30)25-22-17-6-1-2-7-18(17)24(32)29-28-22/h1-4,6-9,16H,5,10-15H2,(H,25,28)(H,29,32)(H,26,27,31). The van der Waals surface area contributed by atoms with Crippen molar-refractivity contribution in [3.63, 3.8) is 0 Å². The fourth-order valence-electron chi connectivity index (χ4n) is 4.44. The molecule has 8 heteroatoms. The molecule has 8 nitrogen and oxygen atoms in total. The highest BCUT2D eigenvalue weighted by molar-refractivity contribution is 5.90. The summed E-state index contributed by atoms with van der Waals surface area (Å²) < 4.78 is 0. The van der Waals surface area contributed by atoms with Crippen LogP contribution in [0.25, 0.3) is 21.7 Å². The summed E-state index contributed by atoms with van der Waals surface area (Å²) in [6.07, 6.45) is 3.73. The average Bonchev–Trinajstić information content (AvgIpc) is 2.82. The van der Waals surface area contributed by atoms with E-state index in [1.54, 1.807) is 6.07 Å². The SMILES string of the molecule is O=c1[nH]c(CCCN2CCC(Nc3n[nH]c(=O)c4ccccc34)CC2)nc2ccccc12. The smallest absolute Gasteiger partial charge is 0.272 e. The topological polar surface area (TPSA) is 107 Å². The van der Waals surface area contributed by atoms with Gasteiger partial charge in [0, 0.05) is 30.9 Å². The average molecular weight is 431 g/mol. The van der Waals surface area contributed by atoms with Gasteiger partial charge in [0.25, 0.3) is 11.1 Å². The van der Waals surface area contributed by atoms with E-state index in [-0.39, 0.29) is 11.1 Å². The Hall–Kier alpha value is -3.52. The zero-order valence-corrected chi connectivity index (χ0v) is 17.8. The second-order valence-electron chi connectivity index (χ2n) is 8.34. The van der Waals surface area contributed by atoms with E-state index < -0.39 is 0 Å². The molecule has 0 unspecified atom stereocenters. The van der Waals surface area contributed by atoms with Gasteiger partial charge in [-0.3, -0.25) is 9.59 Å². The molecule has 2 aromatic heterocycles. The highest BCUT2D eigenvalue weighted by Gasteiger charge is 2.20. The van der Waals surface area contributed by atoms with E-state index in [1.165, 1.54) is 0 Å². The lowest BCUT2D eigenvalue weighted by atomic mass is 10.0. The zero-order chi connectivity index (χ0) is 21.9. The van der Waals surface area contributed by atoms with Crippen LogP contribution in [-0.2, 0) is 6.42 Å². The highest BCUT2D eigenvalue weighted by Crippen LogP contribution is 2.21. The molecule has 32 heavy (non-hydrogen) atoms. The summed E-state index contributed by atoms with van der Waals surface area (Å²) in [7, 11) is 0. The molecule has 1 aliphatic rings. The lowest BCUT2D eigenvalue weighted by Gasteiger charge is -2.32. The summed E-state index contributed by atoms with van der Waals surface area (Å²) in [6, 6.07) is 15.3. The molecule has 0 atom stereocenters. The molecule has 0 amide bonds. The van der Waals surface area contributed by atoms with Crippen LogP contribution in [-0.4, -0.2) is 50.7 Å². The van der Waals surface area contributed by atoms with E-state index in [4.69, 9.17) is 0 Å². The number of nitrogens with one attached hydrogen (secondary N) is 3. The van der Waals surface area contributed by atoms with Crippen molar-refractivity contribution in [3.05, 3.63) is 75.1 Å². The number of anilines is 1. The number of piperidine rings is 1. The number of likely N-dealkylation sites (tertiary alicyclic amines) is 1. The number of nitrogens with zero attached hydrogens (tertiary/aromatic N) is 3. The Morgan fingerprint density at radius 2 is 1.66 bits per heavy atom. The Labute approximate surface area is 184 Å². The van der Waals surface area contributed by atoms with Crippen molar-refractivity contribution in [2.24, 2.45) is 0 Å². The summed E-state index contributed by atoms with van der Waals surface area (Å²) in [5, 5.41) is 12.5. The van der Waals surface area contributed by atoms with Gasteiger partial charge in [-0.1, -0.05) is 30.3 Å². The summed E-state index contributed by atoms with van der Waals surface area (Å²) in [4.78, 5) is 34.1. The van der Waals surface area contributed by atoms with E-state index in [9.17, 15) is 9.59 Å². The maximum absolute atomic E-state index is 12.2. The predicted octanol–water partition coefficient (Wildman–Crippen LogP) is 2.67. The fraction of sp³-hybridized carbons (Fsp3) is 0.333. The van der Waals surface area contributed by atoms with E-state index in [2.05, 4.69) is 30.4 Å². The van der Waals surface area contributed by atoms with Crippen LogP contribution in [0.2, 0.25) is 0 Å². The molecule has 164 valence electrons. The normalized spacial score (nSPS) is 15.4. The van der Waals surface area contributed by atoms with Crippen LogP contribution < -0.4 is 16.4 Å². The molecule has 1 fully saturated rings. The van der Waals surface area contributed by atoms with Crippen LogP contribution in [0.1, 0.15) is 25.1 Å². The van der Waals surface area contributed by atoms with Gasteiger partial charge in [0.05, 0.1) is 16.3 Å². The largest absolute Gasteiger partial charge is 0.365 e. The number of hydrogen-bond donors (Lipinski definition) is 3. The van der Waals surface area contributed by atoms with Gasteiger partial charge in [0.2, 0.25) is 0 Å². The minimum absolute atomic E-state index is 0.0686. The first-order chi connectivity index (χ1) is 15.7. The molecule has 0 spiro atoms. The summed E-state index contributed by atoms with van der Waals surface area (Å²) in [5.41, 5.74) is 0.519. The molecule has 0 radical (unpaired) electrons. The van der Waals surface area contributed by atoms with Gasteiger partial charge in [-0.15, -0.1) is 0 Å². The van der Waals surface area contributed by atoms with Crippen LogP contribution >= 0.6 is 0 Å². The van der Waals surface area contributed by atoms with E-state index in [0.717, 1.165) is 67.9 Å². The van der Waals surface area contributed by atoms with Crippen molar-refractivity contribution in [2.45, 2.75) is 31.7 Å². The van der Waals surface area contributed by atoms with Crippen molar-refractivity contribution in [3.8, 4) is 0 Å². The Kier molecular flexibility index (Phi) is 5.68. The van der Waals surface area contributed by atoms with Crippen LogP contribution in [0.3, 0.4) is 0 Å². The third kappa shape index (κ3) is 4.27. The van der Waals surface area contributed by atoms with E-state index in [1.807, 2.05) is 42.5 Å². The van der Waals surface area contributed by atoms with E-state index in [0.29, 0.717) is 16.8 Å². The molecular weight excluding hydrogens is 404 g/mol. The number of benzene rings is 2. The number of para-hydroxylation sites is 1. The van der Waals surface area contributed by atoms with Crippen molar-refractivity contribution in [2.75, 3.05) is 25.0 Å². The van der Waals surface area contributed by atoms with Gasteiger partial charge in [-0.2, -0.15) is 5.10 Å². The fourth-order valence-corrected chi connectivity index (χ4v) is 4.44. The maximum Gasteiger partial charge on any atom is 0.272 e. The van der Waals surface area contributed by atoms with Crippen LogP contribution in [0.15, 0.2) is 58.1 Å². The van der Waals surface area contributed by atoms with Crippen LogP contribution in [0, 0.1) is 0 Å². The molecular formula is C24H26N6O2. The number of rotatable bonds is 6. The first-order valence-corrected chi connectivity index (χ1v) is 11.1. The zero-order valence-electron chi connectivity index (χ0n) is 17.8. The molecule has 0 bridgehead atoms. The molecule has 4 aromatic rings. The van der Waals surface area contributed by atoms with Crippen molar-refractivity contribution in [1.29, 1.82) is 0 Å². The van der Waals surface area contributed by atoms with Crippen molar-refractivity contribution < 1.29 is 0 Å². The number of hydrogen-bond acceptors (Lipinski definition) is 6. The molecule has 5 rings (SSSR count). The van der Waals surface area contributed by atoms with Crippen molar-refractivity contribution >= 4 is 27.5 Å². The minimum Gasteiger partial charge on any atom is -0.365 e. The molecule has 0 aliphatic carbocycles. The first-order valence-electron chi connectivity index (χ1n) is 11.1. The van der Waals surface area contributed by atoms with Gasteiger partial charge < -0.3 is 15.2 Å². The minimum atomic E-state index is -0.164. The van der Waals surface area contributed by atoms with Crippen LogP contribution in [0.4, 0.5) is 5.82 Å². The Bertz CT molecular complexity index is 1350. The summed E-state index contributed by atoms with van der Waals surface area (Å²) in [6.45, 7) is 2.98. The number of H-pyrrole nitrogens is 2. The molecule has 1 saturated heterocycles. The Morgan fingerprint density at radius 3 is 2.47 bits per heavy atom. The number of fused-ring (bicyclic) bond motifs is 2. The second kappa shape index (κ2) is 8.92. The number of aryl methyl sites for hydroxylation is 1. The van der Waals surface area contributed by atoms with Crippen molar-refractivity contribution in [1.82, 2.24) is 25.1 Å². The Balaban J connectivity index is 1.14. The number of aromatic nitrogens is 4. The quantitative estimate of drug-likeness (QED) is 0.434. The third-order valence-corrected chi connectivity index (χ3v) is 6.17. The second-order valence-corrected chi connectivity index (χ2v) is 8.34. The lowest BCUT2D eigenvalue weighted by Crippen LogP contribution is -2.40. The summed E-state index contributed by atoms with van der Waals surface area (Å²) >= 11 is 0. The lowest BCUT2D eigenvalue weighted by molar-refractivity contribution is 0.216. The number of aromatic amines is 2. The summed E-state index contributed by atoms with van der Waals surface area (Å²) in [5.74, 6) is 1.49. The monoisotopic (exact) mass is 430 g/mol. The van der Waals surface area contributed by atoms with Gasteiger partial charge in [-0.05, 0) is 44.0 Å². The van der Waals surface area contributed by atoms with Gasteiger partial charge in [0.1, 0.15) is 5.82 Å². The highest BCUT2D eigenvalue weighted by atomic mass is 16.1. The first kappa shape index (κ1) is 20.4. The Morgan fingerprint density at radius 1 is 0.938 bits per heavy atom. The maximum atomic E-state index is 12.2. The molecule has 0 saturated carbocycles. The molecule has 3 heterocycles.